The van der Waals surface area contributed by atoms with Crippen LogP contribution >= 0.6 is 11.6 Å². The molecule has 1 aromatic heterocycles. The molecule has 2 amide bonds. The number of benzene rings is 3. The summed E-state index contributed by atoms with van der Waals surface area (Å²) in [5.41, 5.74) is 7.35. The van der Waals surface area contributed by atoms with Crippen LogP contribution in [0.5, 0.6) is 0 Å². The number of amides is 2. The number of para-hydroxylation sites is 1. The maximum Gasteiger partial charge on any atom is 0.287 e. The molecule has 4 rings (SSSR count). The smallest absolute Gasteiger partial charge is 0.287 e. The molecule has 3 aromatic carbocycles. The summed E-state index contributed by atoms with van der Waals surface area (Å²) in [5.74, 6) is -1.07. The van der Waals surface area contributed by atoms with Crippen molar-refractivity contribution in [1.29, 1.82) is 0 Å². The highest BCUT2D eigenvalue weighted by Gasteiger charge is 2.16. The summed E-state index contributed by atoms with van der Waals surface area (Å²) in [4.78, 5) is 31.3. The molecule has 8 heteroatoms. The second-order valence-electron chi connectivity index (χ2n) is 8.39. The molecule has 0 bridgehead atoms. The average Bonchev–Trinajstić information content (AvgIpc) is 3.19. The zero-order valence-electron chi connectivity index (χ0n) is 20.2. The van der Waals surface area contributed by atoms with Gasteiger partial charge in [-0.05, 0) is 48.9 Å². The molecule has 0 spiro atoms. The van der Waals surface area contributed by atoms with Gasteiger partial charge >= 0.3 is 0 Å². The average molecular weight is 500 g/mol. The van der Waals surface area contributed by atoms with Crippen molar-refractivity contribution < 1.29 is 9.59 Å². The lowest BCUT2D eigenvalue weighted by Gasteiger charge is -2.13. The van der Waals surface area contributed by atoms with Crippen LogP contribution in [-0.2, 0) is 4.79 Å². The fourth-order valence-electron chi connectivity index (χ4n) is 3.71. The van der Waals surface area contributed by atoms with E-state index < -0.39 is 11.8 Å². The minimum Gasteiger partial charge on any atom is -0.378 e. The Morgan fingerprint density at radius 2 is 1.67 bits per heavy atom. The molecule has 1 heterocycles. The zero-order chi connectivity index (χ0) is 25.7. The number of carbonyl (C=O) groups excluding carboxylic acids is 2. The summed E-state index contributed by atoms with van der Waals surface area (Å²) in [6.07, 6.45) is 3.18. The maximum absolute atomic E-state index is 13.1. The van der Waals surface area contributed by atoms with Crippen LogP contribution in [0.3, 0.4) is 0 Å². The van der Waals surface area contributed by atoms with Crippen molar-refractivity contribution in [3.05, 3.63) is 106 Å². The highest BCUT2D eigenvalue weighted by atomic mass is 35.5. The van der Waals surface area contributed by atoms with Gasteiger partial charge in [0.25, 0.3) is 11.8 Å². The van der Waals surface area contributed by atoms with Crippen LogP contribution in [0.1, 0.15) is 27.2 Å². The van der Waals surface area contributed by atoms with Gasteiger partial charge < -0.3 is 15.2 Å². The van der Waals surface area contributed by atoms with Crippen molar-refractivity contribution in [2.45, 2.75) is 6.92 Å². The molecule has 0 radical (unpaired) electrons. The van der Waals surface area contributed by atoms with Crippen molar-refractivity contribution in [1.82, 2.24) is 15.7 Å². The monoisotopic (exact) mass is 499 g/mol. The molecule has 3 N–H and O–H groups in total. The Morgan fingerprint density at radius 3 is 2.39 bits per heavy atom. The standard InChI is InChI=1S/C28H26ClN5O2/c1-18-23(21-8-5-7-11-25(21)31-18)17-30-33-28(36)26(16-19-12-14-20(15-13-19)34(2)3)32-27(35)22-9-4-6-10-24(22)29/h4-17,31H,1-3H3,(H,32,35)(H,33,36)/b26-16?,30-17+. The second kappa shape index (κ2) is 10.9. The number of halogens is 1. The molecule has 0 aliphatic heterocycles. The normalized spacial score (nSPS) is 11.6. The van der Waals surface area contributed by atoms with Crippen molar-refractivity contribution >= 4 is 52.3 Å². The van der Waals surface area contributed by atoms with Crippen molar-refractivity contribution in [3.63, 3.8) is 0 Å². The van der Waals surface area contributed by atoms with Crippen molar-refractivity contribution in [2.24, 2.45) is 5.10 Å². The topological polar surface area (TPSA) is 89.6 Å². The van der Waals surface area contributed by atoms with E-state index in [1.807, 2.05) is 74.4 Å². The Kier molecular flexibility index (Phi) is 7.51. The molecule has 0 atom stereocenters. The van der Waals surface area contributed by atoms with Gasteiger partial charge in [0.05, 0.1) is 16.8 Å². The molecular formula is C28H26ClN5O2. The van der Waals surface area contributed by atoms with E-state index >= 15 is 0 Å². The van der Waals surface area contributed by atoms with Crippen LogP contribution in [-0.4, -0.2) is 37.1 Å². The fraction of sp³-hybridized carbons (Fsp3) is 0.107. The van der Waals surface area contributed by atoms with Crippen LogP contribution in [0.2, 0.25) is 5.02 Å². The summed E-state index contributed by atoms with van der Waals surface area (Å²) in [7, 11) is 3.89. The highest BCUT2D eigenvalue weighted by Crippen LogP contribution is 2.20. The molecular weight excluding hydrogens is 474 g/mol. The Hall–Kier alpha value is -4.36. The maximum atomic E-state index is 13.1. The molecule has 0 aliphatic carbocycles. The van der Waals surface area contributed by atoms with Gasteiger partial charge in [0.1, 0.15) is 5.70 Å². The van der Waals surface area contributed by atoms with E-state index in [4.69, 9.17) is 11.6 Å². The largest absolute Gasteiger partial charge is 0.378 e. The first-order valence-electron chi connectivity index (χ1n) is 11.3. The summed E-state index contributed by atoms with van der Waals surface area (Å²) in [6, 6.07) is 22.1. The SMILES string of the molecule is Cc1[nH]c2ccccc2c1/C=N/NC(=O)C(=Cc1ccc(N(C)C)cc1)NC(=O)c1ccccc1Cl. The van der Waals surface area contributed by atoms with Crippen LogP contribution < -0.4 is 15.6 Å². The van der Waals surface area contributed by atoms with Gasteiger partial charge in [-0.15, -0.1) is 0 Å². The van der Waals surface area contributed by atoms with E-state index in [9.17, 15) is 9.59 Å². The number of nitrogens with one attached hydrogen (secondary N) is 3. The second-order valence-corrected chi connectivity index (χ2v) is 8.79. The first kappa shape index (κ1) is 24.8. The third-order valence-corrected chi connectivity index (χ3v) is 5.96. The van der Waals surface area contributed by atoms with Crippen LogP contribution in [0, 0.1) is 6.92 Å². The van der Waals surface area contributed by atoms with E-state index in [0.29, 0.717) is 0 Å². The number of aromatic amines is 1. The molecule has 182 valence electrons. The molecule has 0 saturated heterocycles. The molecule has 0 fully saturated rings. The number of hydrogen-bond donors (Lipinski definition) is 3. The quantitative estimate of drug-likeness (QED) is 0.187. The van der Waals surface area contributed by atoms with Gasteiger partial charge in [-0.2, -0.15) is 5.10 Å². The molecule has 4 aromatic rings. The van der Waals surface area contributed by atoms with E-state index in [-0.39, 0.29) is 16.3 Å². The molecule has 0 aliphatic rings. The Labute approximate surface area is 214 Å². The summed E-state index contributed by atoms with van der Waals surface area (Å²) in [6.45, 7) is 1.94. The molecule has 36 heavy (non-hydrogen) atoms. The Morgan fingerprint density at radius 1 is 0.972 bits per heavy atom. The van der Waals surface area contributed by atoms with Gasteiger partial charge in [-0.25, -0.2) is 5.43 Å². The van der Waals surface area contributed by atoms with E-state index in [0.717, 1.165) is 33.4 Å². The van der Waals surface area contributed by atoms with E-state index in [1.54, 1.807) is 36.6 Å². The third kappa shape index (κ3) is 5.64. The Balaban J connectivity index is 1.59. The number of H-pyrrole nitrogens is 1. The lowest BCUT2D eigenvalue weighted by Crippen LogP contribution is -2.33. The Bertz CT molecular complexity index is 1470. The molecule has 7 nitrogen and oxygen atoms in total. The number of aryl methyl sites for hydroxylation is 1. The summed E-state index contributed by atoms with van der Waals surface area (Å²) in [5, 5.41) is 8.12. The first-order valence-corrected chi connectivity index (χ1v) is 11.7. The van der Waals surface area contributed by atoms with E-state index in [2.05, 4.69) is 20.8 Å². The highest BCUT2D eigenvalue weighted by molar-refractivity contribution is 6.34. The first-order chi connectivity index (χ1) is 17.3. The predicted molar refractivity (Wildman–Crippen MR) is 146 cm³/mol. The van der Waals surface area contributed by atoms with Crippen LogP contribution in [0.15, 0.2) is 83.6 Å². The summed E-state index contributed by atoms with van der Waals surface area (Å²) >= 11 is 6.18. The van der Waals surface area contributed by atoms with Crippen molar-refractivity contribution in [2.75, 3.05) is 19.0 Å². The van der Waals surface area contributed by atoms with Crippen LogP contribution in [0.25, 0.3) is 17.0 Å². The number of nitrogens with zero attached hydrogens (tertiary/aromatic N) is 2. The van der Waals surface area contributed by atoms with Gasteiger partial charge in [0.2, 0.25) is 0 Å². The van der Waals surface area contributed by atoms with Gasteiger partial charge in [-0.3, -0.25) is 9.59 Å². The number of fused-ring (bicyclic) bond motifs is 1. The lowest BCUT2D eigenvalue weighted by atomic mass is 10.1. The fourth-order valence-corrected chi connectivity index (χ4v) is 3.93. The van der Waals surface area contributed by atoms with Gasteiger partial charge in [0, 0.05) is 41.9 Å². The third-order valence-electron chi connectivity index (χ3n) is 5.63. The predicted octanol–water partition coefficient (Wildman–Crippen LogP) is 5.12. The molecule has 0 saturated carbocycles. The number of aromatic nitrogens is 1. The van der Waals surface area contributed by atoms with Gasteiger partial charge in [0.15, 0.2) is 0 Å². The minimum absolute atomic E-state index is 0.0327. The van der Waals surface area contributed by atoms with Gasteiger partial charge in [-0.1, -0.05) is 54.1 Å². The lowest BCUT2D eigenvalue weighted by molar-refractivity contribution is -0.117. The van der Waals surface area contributed by atoms with E-state index in [1.165, 1.54) is 0 Å². The summed E-state index contributed by atoms with van der Waals surface area (Å²) < 4.78 is 0. The van der Waals surface area contributed by atoms with Crippen LogP contribution in [0.4, 0.5) is 5.69 Å². The minimum atomic E-state index is -0.569. The van der Waals surface area contributed by atoms with Crippen molar-refractivity contribution in [3.8, 4) is 0 Å². The number of hydrazone groups is 1. The number of carbonyl (C=O) groups is 2. The number of anilines is 1. The number of rotatable bonds is 7. The molecule has 0 unspecified atom stereocenters. The number of hydrogen-bond acceptors (Lipinski definition) is 4. The zero-order valence-corrected chi connectivity index (χ0v) is 20.9.